The molecule has 1 aliphatic carbocycles. The Kier molecular flexibility index (Phi) is 6.92. The zero-order valence-electron chi connectivity index (χ0n) is 19.3. The Morgan fingerprint density at radius 1 is 0.971 bits per heavy atom. The Morgan fingerprint density at radius 3 is 2.09 bits per heavy atom. The SMILES string of the molecule is Cc1ccc(C2(C(=O)N3CCCC(OCc4cc(C(F)(F)F)cc(C(F)(F)F)c4)C3)CCC2)cc1. The molecule has 1 aliphatic heterocycles. The van der Waals surface area contributed by atoms with E-state index in [4.69, 9.17) is 4.74 Å². The number of carbonyl (C=O) groups excluding carboxylic acids is 1. The monoisotopic (exact) mass is 499 g/mol. The average Bonchev–Trinajstić information content (AvgIpc) is 2.77. The van der Waals surface area contributed by atoms with Crippen molar-refractivity contribution in [3.05, 3.63) is 70.3 Å². The third kappa shape index (κ3) is 5.50. The number of nitrogens with zero attached hydrogens (tertiary/aromatic N) is 1. The molecule has 0 radical (unpaired) electrons. The van der Waals surface area contributed by atoms with E-state index in [1.54, 1.807) is 4.90 Å². The topological polar surface area (TPSA) is 29.5 Å². The van der Waals surface area contributed by atoms with Gasteiger partial charge in [0.25, 0.3) is 0 Å². The van der Waals surface area contributed by atoms with Crippen molar-refractivity contribution < 1.29 is 35.9 Å². The second-order valence-corrected chi connectivity index (χ2v) is 9.54. The summed E-state index contributed by atoms with van der Waals surface area (Å²) < 4.78 is 84.5. The fraction of sp³-hybridized carbons (Fsp3) is 0.500. The number of amides is 1. The second-order valence-electron chi connectivity index (χ2n) is 9.54. The van der Waals surface area contributed by atoms with Crippen LogP contribution in [0, 0.1) is 6.92 Å². The minimum atomic E-state index is -4.91. The fourth-order valence-corrected chi connectivity index (χ4v) is 4.91. The fourth-order valence-electron chi connectivity index (χ4n) is 4.91. The van der Waals surface area contributed by atoms with Gasteiger partial charge in [-0.15, -0.1) is 0 Å². The van der Waals surface area contributed by atoms with Crippen molar-refractivity contribution >= 4 is 5.91 Å². The lowest BCUT2D eigenvalue weighted by molar-refractivity contribution is -0.146. The quantitative estimate of drug-likeness (QED) is 0.431. The molecule has 3 nitrogen and oxygen atoms in total. The molecule has 1 atom stereocenters. The molecule has 0 N–H and O–H groups in total. The Hall–Kier alpha value is -2.55. The largest absolute Gasteiger partial charge is 0.416 e. The smallest absolute Gasteiger partial charge is 0.372 e. The van der Waals surface area contributed by atoms with Gasteiger partial charge in [0.05, 0.1) is 29.3 Å². The van der Waals surface area contributed by atoms with E-state index in [0.29, 0.717) is 31.5 Å². The number of hydrogen-bond acceptors (Lipinski definition) is 2. The number of alkyl halides is 6. The van der Waals surface area contributed by atoms with Gasteiger partial charge in [0.1, 0.15) is 0 Å². The van der Waals surface area contributed by atoms with E-state index in [1.807, 2.05) is 31.2 Å². The van der Waals surface area contributed by atoms with Crippen LogP contribution in [0.1, 0.15) is 59.9 Å². The first-order chi connectivity index (χ1) is 16.4. The van der Waals surface area contributed by atoms with Crippen LogP contribution in [-0.4, -0.2) is 30.0 Å². The maximum Gasteiger partial charge on any atom is 0.416 e. The van der Waals surface area contributed by atoms with Gasteiger partial charge in [-0.1, -0.05) is 36.2 Å². The molecule has 2 aromatic carbocycles. The van der Waals surface area contributed by atoms with Crippen LogP contribution < -0.4 is 0 Å². The molecule has 2 fully saturated rings. The minimum absolute atomic E-state index is 0.0133. The summed E-state index contributed by atoms with van der Waals surface area (Å²) in [7, 11) is 0. The van der Waals surface area contributed by atoms with Gasteiger partial charge in [0, 0.05) is 13.1 Å². The third-order valence-corrected chi connectivity index (χ3v) is 7.02. The van der Waals surface area contributed by atoms with Crippen LogP contribution in [0.3, 0.4) is 0 Å². The van der Waals surface area contributed by atoms with Crippen LogP contribution in [0.15, 0.2) is 42.5 Å². The normalized spacial score (nSPS) is 20.4. The number of likely N-dealkylation sites (tertiary alicyclic amines) is 1. The summed E-state index contributed by atoms with van der Waals surface area (Å²) in [5.41, 5.74) is -1.42. The molecule has 1 amide bonds. The van der Waals surface area contributed by atoms with Gasteiger partial charge in [-0.2, -0.15) is 26.3 Å². The lowest BCUT2D eigenvalue weighted by Gasteiger charge is -2.46. The first-order valence-electron chi connectivity index (χ1n) is 11.6. The van der Waals surface area contributed by atoms with Gasteiger partial charge in [-0.05, 0) is 61.9 Å². The van der Waals surface area contributed by atoms with E-state index >= 15 is 0 Å². The van der Waals surface area contributed by atoms with Gasteiger partial charge in [-0.3, -0.25) is 4.79 Å². The van der Waals surface area contributed by atoms with E-state index in [0.717, 1.165) is 30.4 Å². The maximum atomic E-state index is 13.5. The molecule has 0 bridgehead atoms. The van der Waals surface area contributed by atoms with E-state index in [2.05, 4.69) is 0 Å². The van der Waals surface area contributed by atoms with Crippen molar-refractivity contribution in [1.29, 1.82) is 0 Å². The molecule has 1 saturated carbocycles. The molecule has 2 aromatic rings. The number of benzene rings is 2. The highest BCUT2D eigenvalue weighted by Gasteiger charge is 2.48. The van der Waals surface area contributed by atoms with Crippen molar-refractivity contribution in [3.8, 4) is 0 Å². The van der Waals surface area contributed by atoms with Gasteiger partial charge in [0.15, 0.2) is 0 Å². The Bertz CT molecular complexity index is 1020. The van der Waals surface area contributed by atoms with Crippen LogP contribution in [0.25, 0.3) is 0 Å². The summed E-state index contributed by atoms with van der Waals surface area (Å²) in [6, 6.07) is 9.40. The summed E-state index contributed by atoms with van der Waals surface area (Å²) in [5, 5.41) is 0. The second kappa shape index (κ2) is 9.48. The number of halogens is 6. The standard InChI is InChI=1S/C26H27F6NO2/c1-17-5-7-19(8-6-17)24(9-3-10-24)23(34)33-11-2-4-22(15-33)35-16-18-12-20(25(27,28)29)14-21(13-18)26(30,31)32/h5-8,12-14,22H,2-4,9-11,15-16H2,1H3. The third-order valence-electron chi connectivity index (χ3n) is 7.02. The molecule has 4 rings (SSSR count). The summed E-state index contributed by atoms with van der Waals surface area (Å²) in [6.45, 7) is 2.39. The van der Waals surface area contributed by atoms with Crippen LogP contribution in [0.4, 0.5) is 26.3 Å². The molecule has 0 aromatic heterocycles. The van der Waals surface area contributed by atoms with Crippen LogP contribution in [0.5, 0.6) is 0 Å². The Balaban J connectivity index is 1.46. The maximum absolute atomic E-state index is 13.5. The van der Waals surface area contributed by atoms with Gasteiger partial charge in [0.2, 0.25) is 5.91 Å². The van der Waals surface area contributed by atoms with Gasteiger partial charge < -0.3 is 9.64 Å². The van der Waals surface area contributed by atoms with Crippen molar-refractivity contribution in [2.75, 3.05) is 13.1 Å². The summed E-state index contributed by atoms with van der Waals surface area (Å²) >= 11 is 0. The molecular formula is C26H27F6NO2. The van der Waals surface area contributed by atoms with E-state index < -0.39 is 41.6 Å². The molecule has 2 aliphatic rings. The highest BCUT2D eigenvalue weighted by molar-refractivity contribution is 5.89. The zero-order chi connectivity index (χ0) is 25.4. The van der Waals surface area contributed by atoms with Crippen molar-refractivity contribution in [2.24, 2.45) is 0 Å². The summed E-state index contributed by atoms with van der Waals surface area (Å²) in [4.78, 5) is 15.3. The van der Waals surface area contributed by atoms with E-state index in [1.165, 1.54) is 0 Å². The Labute approximate surface area is 200 Å². The van der Waals surface area contributed by atoms with E-state index in [9.17, 15) is 31.1 Å². The number of piperidine rings is 1. The minimum Gasteiger partial charge on any atom is -0.372 e. The van der Waals surface area contributed by atoms with Crippen LogP contribution in [-0.2, 0) is 33.9 Å². The molecule has 1 unspecified atom stereocenters. The van der Waals surface area contributed by atoms with Crippen LogP contribution in [0.2, 0.25) is 0 Å². The predicted octanol–water partition coefficient (Wildman–Crippen LogP) is 6.66. The number of aryl methyl sites for hydroxylation is 1. The van der Waals surface area contributed by atoms with Gasteiger partial charge in [-0.25, -0.2) is 0 Å². The number of rotatable bonds is 5. The molecule has 1 saturated heterocycles. The van der Waals surface area contributed by atoms with Crippen molar-refractivity contribution in [3.63, 3.8) is 0 Å². The molecular weight excluding hydrogens is 472 g/mol. The highest BCUT2D eigenvalue weighted by Crippen LogP contribution is 2.45. The summed E-state index contributed by atoms with van der Waals surface area (Å²) in [5.74, 6) is 0.0133. The molecule has 190 valence electrons. The van der Waals surface area contributed by atoms with Crippen molar-refractivity contribution in [1.82, 2.24) is 4.90 Å². The van der Waals surface area contributed by atoms with Crippen molar-refractivity contribution in [2.45, 2.75) is 69.5 Å². The molecule has 9 heteroatoms. The van der Waals surface area contributed by atoms with Crippen LogP contribution >= 0.6 is 0 Å². The first-order valence-corrected chi connectivity index (χ1v) is 11.6. The number of hydrogen-bond donors (Lipinski definition) is 0. The average molecular weight is 499 g/mol. The lowest BCUT2D eigenvalue weighted by atomic mass is 9.63. The number of carbonyl (C=O) groups is 1. The first kappa shape index (κ1) is 25.5. The highest BCUT2D eigenvalue weighted by atomic mass is 19.4. The zero-order valence-corrected chi connectivity index (χ0v) is 19.3. The molecule has 35 heavy (non-hydrogen) atoms. The lowest BCUT2D eigenvalue weighted by Crippen LogP contribution is -2.54. The predicted molar refractivity (Wildman–Crippen MR) is 118 cm³/mol. The Morgan fingerprint density at radius 2 is 1.57 bits per heavy atom. The van der Waals surface area contributed by atoms with Gasteiger partial charge >= 0.3 is 12.4 Å². The molecule has 0 spiro atoms. The summed E-state index contributed by atoms with van der Waals surface area (Å²) in [6.07, 6.45) is -6.60. The van der Waals surface area contributed by atoms with E-state index in [-0.39, 0.29) is 24.1 Å². The number of ether oxygens (including phenoxy) is 1. The molecule has 1 heterocycles.